The summed E-state index contributed by atoms with van der Waals surface area (Å²) in [7, 11) is 1.62. The Morgan fingerprint density at radius 1 is 1.35 bits per heavy atom. The van der Waals surface area contributed by atoms with E-state index >= 15 is 0 Å². The van der Waals surface area contributed by atoms with Crippen LogP contribution in [0, 0.1) is 0 Å². The molecule has 1 aliphatic carbocycles. The van der Waals surface area contributed by atoms with Crippen LogP contribution in [0.1, 0.15) is 23.1 Å². The zero-order valence-electron chi connectivity index (χ0n) is 11.7. The van der Waals surface area contributed by atoms with Gasteiger partial charge in [-0.2, -0.15) is 0 Å². The summed E-state index contributed by atoms with van der Waals surface area (Å²) < 4.78 is 10.5. The zero-order valence-corrected chi connectivity index (χ0v) is 11.7. The minimum atomic E-state index is 0.00486. The Hall–Kier alpha value is -1.81. The predicted octanol–water partition coefficient (Wildman–Crippen LogP) is 2.23. The average Bonchev–Trinajstić information content (AvgIpc) is 3.03. The normalized spacial score (nSPS) is 13.7. The molecule has 0 radical (unpaired) electrons. The Balaban J connectivity index is 1.77. The van der Waals surface area contributed by atoms with Crippen LogP contribution in [0.2, 0.25) is 0 Å². The van der Waals surface area contributed by atoms with Gasteiger partial charge in [0, 0.05) is 24.6 Å². The maximum Gasteiger partial charge on any atom is 0.224 e. The van der Waals surface area contributed by atoms with Crippen LogP contribution in [0.5, 0.6) is 0 Å². The standard InChI is InChI=1S/C16H19NO3/c1-19-6-5-17-16(18)9-13-10-20-15-8-12-4-2-3-11(12)7-14(13)15/h7-8,10H,2-6,9H2,1H3,(H,17,18). The number of methoxy groups -OCH3 is 1. The van der Waals surface area contributed by atoms with E-state index in [2.05, 4.69) is 17.4 Å². The third kappa shape index (κ3) is 2.56. The number of carbonyl (C=O) groups excluding carboxylic acids is 1. The number of ether oxygens (including phenoxy) is 1. The van der Waals surface area contributed by atoms with Crippen molar-refractivity contribution >= 4 is 16.9 Å². The molecule has 1 aromatic heterocycles. The summed E-state index contributed by atoms with van der Waals surface area (Å²) in [6.07, 6.45) is 5.55. The summed E-state index contributed by atoms with van der Waals surface area (Å²) >= 11 is 0. The van der Waals surface area contributed by atoms with Crippen LogP contribution < -0.4 is 5.32 Å². The van der Waals surface area contributed by atoms with Crippen molar-refractivity contribution in [3.63, 3.8) is 0 Å². The van der Waals surface area contributed by atoms with Gasteiger partial charge in [-0.05, 0) is 42.5 Å². The third-order valence-corrected chi connectivity index (χ3v) is 3.85. The molecule has 20 heavy (non-hydrogen) atoms. The van der Waals surface area contributed by atoms with Gasteiger partial charge in [0.25, 0.3) is 0 Å². The van der Waals surface area contributed by atoms with Crippen molar-refractivity contribution in [3.05, 3.63) is 35.1 Å². The minimum Gasteiger partial charge on any atom is -0.464 e. The van der Waals surface area contributed by atoms with E-state index in [1.165, 1.54) is 17.5 Å². The Morgan fingerprint density at radius 2 is 2.15 bits per heavy atom. The topological polar surface area (TPSA) is 51.5 Å². The van der Waals surface area contributed by atoms with Crippen molar-refractivity contribution in [1.82, 2.24) is 5.32 Å². The summed E-state index contributed by atoms with van der Waals surface area (Å²) in [5.41, 5.74) is 4.65. The monoisotopic (exact) mass is 273 g/mol. The quantitative estimate of drug-likeness (QED) is 0.850. The van der Waals surface area contributed by atoms with E-state index in [0.29, 0.717) is 19.6 Å². The van der Waals surface area contributed by atoms with Crippen LogP contribution in [-0.2, 0) is 28.8 Å². The first-order valence-electron chi connectivity index (χ1n) is 7.05. The third-order valence-electron chi connectivity index (χ3n) is 3.85. The van der Waals surface area contributed by atoms with Crippen molar-refractivity contribution in [3.8, 4) is 0 Å². The summed E-state index contributed by atoms with van der Waals surface area (Å²) in [5.74, 6) is 0.00486. The maximum absolute atomic E-state index is 11.9. The Morgan fingerprint density at radius 3 is 2.95 bits per heavy atom. The van der Waals surface area contributed by atoms with Gasteiger partial charge in [-0.15, -0.1) is 0 Å². The highest BCUT2D eigenvalue weighted by Gasteiger charge is 2.16. The van der Waals surface area contributed by atoms with E-state index in [9.17, 15) is 4.79 Å². The molecule has 1 aromatic carbocycles. The van der Waals surface area contributed by atoms with Gasteiger partial charge in [0.05, 0.1) is 19.3 Å². The van der Waals surface area contributed by atoms with Crippen LogP contribution in [0.4, 0.5) is 0 Å². The van der Waals surface area contributed by atoms with Crippen LogP contribution in [0.15, 0.2) is 22.8 Å². The molecule has 3 rings (SSSR count). The lowest BCUT2D eigenvalue weighted by Crippen LogP contribution is -2.28. The van der Waals surface area contributed by atoms with E-state index in [-0.39, 0.29) is 5.91 Å². The Labute approximate surface area is 118 Å². The molecule has 0 atom stereocenters. The lowest BCUT2D eigenvalue weighted by Gasteiger charge is -2.04. The summed E-state index contributed by atoms with van der Waals surface area (Å²) in [6.45, 7) is 1.08. The first kappa shape index (κ1) is 13.2. The molecule has 4 heteroatoms. The predicted molar refractivity (Wildman–Crippen MR) is 76.8 cm³/mol. The number of amides is 1. The second-order valence-electron chi connectivity index (χ2n) is 5.25. The van der Waals surface area contributed by atoms with Crippen LogP contribution in [-0.4, -0.2) is 26.2 Å². The fourth-order valence-corrected chi connectivity index (χ4v) is 2.81. The minimum absolute atomic E-state index is 0.00486. The van der Waals surface area contributed by atoms with E-state index in [1.807, 2.05) is 0 Å². The first-order valence-corrected chi connectivity index (χ1v) is 7.05. The van der Waals surface area contributed by atoms with Crippen molar-refractivity contribution in [1.29, 1.82) is 0 Å². The Bertz CT molecular complexity index is 630. The number of rotatable bonds is 5. The lowest BCUT2D eigenvalue weighted by molar-refractivity contribution is -0.120. The van der Waals surface area contributed by atoms with Crippen molar-refractivity contribution in [2.75, 3.05) is 20.3 Å². The molecule has 4 nitrogen and oxygen atoms in total. The molecule has 106 valence electrons. The van der Waals surface area contributed by atoms with Crippen molar-refractivity contribution in [2.24, 2.45) is 0 Å². The van der Waals surface area contributed by atoms with Crippen LogP contribution >= 0.6 is 0 Å². The highest BCUT2D eigenvalue weighted by molar-refractivity contribution is 5.88. The van der Waals surface area contributed by atoms with E-state index < -0.39 is 0 Å². The molecule has 0 fully saturated rings. The number of hydrogen-bond donors (Lipinski definition) is 1. The molecule has 0 saturated heterocycles. The van der Waals surface area contributed by atoms with Gasteiger partial charge < -0.3 is 14.5 Å². The van der Waals surface area contributed by atoms with E-state index in [0.717, 1.165) is 29.4 Å². The number of furan rings is 1. The van der Waals surface area contributed by atoms with Gasteiger partial charge in [0.15, 0.2) is 0 Å². The molecule has 1 heterocycles. The zero-order chi connectivity index (χ0) is 13.9. The summed E-state index contributed by atoms with van der Waals surface area (Å²) in [4.78, 5) is 11.9. The number of benzene rings is 1. The van der Waals surface area contributed by atoms with Crippen molar-refractivity contribution in [2.45, 2.75) is 25.7 Å². The number of fused-ring (bicyclic) bond motifs is 2. The van der Waals surface area contributed by atoms with Crippen molar-refractivity contribution < 1.29 is 13.9 Å². The number of carbonyl (C=O) groups is 1. The second-order valence-corrected chi connectivity index (χ2v) is 5.25. The smallest absolute Gasteiger partial charge is 0.224 e. The molecular formula is C16H19NO3. The molecule has 1 amide bonds. The number of aryl methyl sites for hydroxylation is 2. The molecule has 1 aliphatic rings. The molecule has 0 bridgehead atoms. The largest absolute Gasteiger partial charge is 0.464 e. The molecule has 0 unspecified atom stereocenters. The highest BCUT2D eigenvalue weighted by atomic mass is 16.5. The number of hydrogen-bond acceptors (Lipinski definition) is 3. The van der Waals surface area contributed by atoms with E-state index in [1.54, 1.807) is 13.4 Å². The second kappa shape index (κ2) is 5.67. The molecule has 2 aromatic rings. The van der Waals surface area contributed by atoms with Gasteiger partial charge in [-0.3, -0.25) is 4.79 Å². The number of nitrogens with one attached hydrogen (secondary N) is 1. The molecule has 0 saturated carbocycles. The maximum atomic E-state index is 11.9. The van der Waals surface area contributed by atoms with Gasteiger partial charge >= 0.3 is 0 Å². The molecule has 1 N–H and O–H groups in total. The van der Waals surface area contributed by atoms with Gasteiger partial charge in [0.1, 0.15) is 5.58 Å². The van der Waals surface area contributed by atoms with Gasteiger partial charge in [-0.1, -0.05) is 0 Å². The van der Waals surface area contributed by atoms with Crippen LogP contribution in [0.3, 0.4) is 0 Å². The first-order chi connectivity index (χ1) is 9.78. The highest BCUT2D eigenvalue weighted by Crippen LogP contribution is 2.30. The summed E-state index contributed by atoms with van der Waals surface area (Å²) in [6, 6.07) is 4.32. The lowest BCUT2D eigenvalue weighted by atomic mass is 10.0. The summed E-state index contributed by atoms with van der Waals surface area (Å²) in [5, 5.41) is 3.91. The van der Waals surface area contributed by atoms with Gasteiger partial charge in [0.2, 0.25) is 5.91 Å². The molecule has 0 spiro atoms. The fraction of sp³-hybridized carbons (Fsp3) is 0.438. The van der Waals surface area contributed by atoms with Gasteiger partial charge in [-0.25, -0.2) is 0 Å². The Kier molecular flexibility index (Phi) is 3.74. The van der Waals surface area contributed by atoms with Crippen LogP contribution in [0.25, 0.3) is 11.0 Å². The molecule has 0 aliphatic heterocycles. The average molecular weight is 273 g/mol. The van der Waals surface area contributed by atoms with E-state index in [4.69, 9.17) is 9.15 Å². The molecular weight excluding hydrogens is 254 g/mol. The fourth-order valence-electron chi connectivity index (χ4n) is 2.81. The SMILES string of the molecule is COCCNC(=O)Cc1coc2cc3c(cc12)CCC3.